The van der Waals surface area contributed by atoms with E-state index >= 15 is 0 Å². The van der Waals surface area contributed by atoms with E-state index in [0.717, 1.165) is 12.8 Å². The van der Waals surface area contributed by atoms with Gasteiger partial charge in [0, 0.05) is 13.1 Å². The van der Waals surface area contributed by atoms with Crippen LogP contribution in [0.5, 0.6) is 5.88 Å². The van der Waals surface area contributed by atoms with E-state index in [-0.39, 0.29) is 24.8 Å². The van der Waals surface area contributed by atoms with Crippen LogP contribution in [-0.4, -0.2) is 45.3 Å². The van der Waals surface area contributed by atoms with Crippen molar-refractivity contribution in [1.29, 1.82) is 0 Å². The van der Waals surface area contributed by atoms with E-state index in [2.05, 4.69) is 22.0 Å². The molecule has 0 saturated heterocycles. The zero-order chi connectivity index (χ0) is 21.1. The molecule has 2 aliphatic rings. The first-order valence-corrected chi connectivity index (χ1v) is 10.9. The van der Waals surface area contributed by atoms with Gasteiger partial charge < -0.3 is 18.9 Å². The van der Waals surface area contributed by atoms with Crippen LogP contribution in [-0.2, 0) is 11.3 Å². The lowest BCUT2D eigenvalue weighted by atomic mass is 9.98. The molecule has 4 rings (SSSR count). The van der Waals surface area contributed by atoms with Crippen LogP contribution in [0.25, 0.3) is 11.5 Å². The molecule has 0 N–H and O–H groups in total. The molecule has 0 bridgehead atoms. The number of aryl methyl sites for hydroxylation is 1. The largest absolute Gasteiger partial charge is 0.473 e. The van der Waals surface area contributed by atoms with Crippen molar-refractivity contribution in [3.8, 4) is 17.3 Å². The molecule has 1 atom stereocenters. The van der Waals surface area contributed by atoms with E-state index in [0.29, 0.717) is 34.5 Å². The maximum atomic E-state index is 12.4. The van der Waals surface area contributed by atoms with Gasteiger partial charge in [-0.1, -0.05) is 11.6 Å². The zero-order valence-electron chi connectivity index (χ0n) is 18.0. The lowest BCUT2D eigenvalue weighted by Crippen LogP contribution is -2.36. The fourth-order valence-electron chi connectivity index (χ4n) is 3.90. The first-order chi connectivity index (χ1) is 14.5. The predicted octanol–water partition coefficient (Wildman–Crippen LogP) is 4.52. The monoisotopic (exact) mass is 414 g/mol. The summed E-state index contributed by atoms with van der Waals surface area (Å²) in [5.74, 6) is 1.57. The Hall–Kier alpha value is -2.64. The average Bonchev–Trinajstić information content (AvgIpc) is 3.55. The number of carbonyl (C=O) groups excluding carboxylic acids is 1. The molecule has 162 valence electrons. The van der Waals surface area contributed by atoms with E-state index < -0.39 is 0 Å². The zero-order valence-corrected chi connectivity index (χ0v) is 18.0. The maximum Gasteiger partial charge on any atom is 0.410 e. The summed E-state index contributed by atoms with van der Waals surface area (Å²) in [5.41, 5.74) is 1.91. The highest BCUT2D eigenvalue weighted by molar-refractivity contribution is 5.68. The van der Waals surface area contributed by atoms with Crippen LogP contribution < -0.4 is 4.74 Å². The van der Waals surface area contributed by atoms with Crippen molar-refractivity contribution < 1.29 is 18.8 Å². The Balaban J connectivity index is 1.39. The lowest BCUT2D eigenvalue weighted by molar-refractivity contribution is 0.0900. The SMILES string of the molecule is Cc1noc(-c2cnc(OC3CCCCC3)cn2)c1COC(=O)N(C)C(C)C1CC1. The molecular weight excluding hydrogens is 384 g/mol. The van der Waals surface area contributed by atoms with Crippen molar-refractivity contribution in [2.45, 2.75) is 77.5 Å². The third-order valence-corrected chi connectivity index (χ3v) is 6.23. The van der Waals surface area contributed by atoms with Gasteiger partial charge in [0.25, 0.3) is 0 Å². The van der Waals surface area contributed by atoms with Gasteiger partial charge in [-0.05, 0) is 58.3 Å². The van der Waals surface area contributed by atoms with Gasteiger partial charge in [-0.15, -0.1) is 0 Å². The highest BCUT2D eigenvalue weighted by atomic mass is 16.6. The number of hydrogen-bond acceptors (Lipinski definition) is 7. The number of nitrogens with zero attached hydrogens (tertiary/aromatic N) is 4. The summed E-state index contributed by atoms with van der Waals surface area (Å²) in [6, 6.07) is 0.183. The summed E-state index contributed by atoms with van der Waals surface area (Å²) in [4.78, 5) is 22.9. The molecule has 2 saturated carbocycles. The Morgan fingerprint density at radius 3 is 2.63 bits per heavy atom. The van der Waals surface area contributed by atoms with E-state index in [1.165, 1.54) is 32.1 Å². The summed E-state index contributed by atoms with van der Waals surface area (Å²) < 4.78 is 16.9. The van der Waals surface area contributed by atoms with Crippen molar-refractivity contribution in [1.82, 2.24) is 20.0 Å². The third kappa shape index (κ3) is 4.74. The van der Waals surface area contributed by atoms with Crippen molar-refractivity contribution in [3.05, 3.63) is 23.7 Å². The fourth-order valence-corrected chi connectivity index (χ4v) is 3.90. The van der Waals surface area contributed by atoms with Crippen LogP contribution >= 0.6 is 0 Å². The smallest absolute Gasteiger partial charge is 0.410 e. The van der Waals surface area contributed by atoms with Crippen molar-refractivity contribution in [3.63, 3.8) is 0 Å². The van der Waals surface area contributed by atoms with Gasteiger partial charge in [-0.2, -0.15) is 0 Å². The number of amides is 1. The molecule has 0 spiro atoms. The molecule has 0 aromatic carbocycles. The Kier molecular flexibility index (Phi) is 6.20. The number of carbonyl (C=O) groups is 1. The van der Waals surface area contributed by atoms with Gasteiger partial charge in [0.2, 0.25) is 5.88 Å². The first-order valence-electron chi connectivity index (χ1n) is 10.9. The van der Waals surface area contributed by atoms with Crippen LogP contribution in [0.15, 0.2) is 16.9 Å². The summed E-state index contributed by atoms with van der Waals surface area (Å²) in [5, 5.41) is 4.03. The first kappa shape index (κ1) is 20.6. The summed E-state index contributed by atoms with van der Waals surface area (Å²) in [6.07, 6.45) is 11.3. The van der Waals surface area contributed by atoms with Crippen LogP contribution in [0.2, 0.25) is 0 Å². The van der Waals surface area contributed by atoms with Crippen LogP contribution in [0.4, 0.5) is 4.79 Å². The third-order valence-electron chi connectivity index (χ3n) is 6.23. The number of ether oxygens (including phenoxy) is 2. The van der Waals surface area contributed by atoms with Crippen molar-refractivity contribution >= 4 is 6.09 Å². The Labute approximate surface area is 177 Å². The van der Waals surface area contributed by atoms with E-state index in [9.17, 15) is 4.79 Å². The molecule has 0 radical (unpaired) electrons. The minimum absolute atomic E-state index is 0.0766. The van der Waals surface area contributed by atoms with Gasteiger partial charge in [0.15, 0.2) is 5.76 Å². The molecule has 30 heavy (non-hydrogen) atoms. The highest BCUT2D eigenvalue weighted by Gasteiger charge is 2.33. The molecule has 2 fully saturated rings. The van der Waals surface area contributed by atoms with E-state index in [1.807, 2.05) is 6.92 Å². The molecule has 2 aromatic rings. The Morgan fingerprint density at radius 1 is 1.20 bits per heavy atom. The van der Waals surface area contributed by atoms with Gasteiger partial charge in [-0.3, -0.25) is 0 Å². The van der Waals surface area contributed by atoms with Crippen LogP contribution in [0.3, 0.4) is 0 Å². The van der Waals surface area contributed by atoms with E-state index in [4.69, 9.17) is 14.0 Å². The second kappa shape index (κ2) is 9.02. The molecule has 2 aliphatic carbocycles. The number of aromatic nitrogens is 3. The second-order valence-corrected chi connectivity index (χ2v) is 8.44. The quantitative estimate of drug-likeness (QED) is 0.658. The molecule has 1 unspecified atom stereocenters. The molecule has 2 heterocycles. The van der Waals surface area contributed by atoms with Gasteiger partial charge in [0.05, 0.1) is 23.7 Å². The minimum atomic E-state index is -0.344. The standard InChI is InChI=1S/C22H30N4O4/c1-14-18(13-28-22(27)26(3)15(2)16-9-10-16)21(30-25-14)19-11-24-20(12-23-19)29-17-7-5-4-6-8-17/h11-12,15-17H,4-10,13H2,1-3H3. The fraction of sp³-hybridized carbons (Fsp3) is 0.636. The van der Waals surface area contributed by atoms with Crippen molar-refractivity contribution in [2.24, 2.45) is 5.92 Å². The molecular formula is C22H30N4O4. The normalized spacial score (nSPS) is 18.1. The topological polar surface area (TPSA) is 90.6 Å². The molecule has 1 amide bonds. The van der Waals surface area contributed by atoms with Gasteiger partial charge >= 0.3 is 6.09 Å². The average molecular weight is 415 g/mol. The summed E-state index contributed by atoms with van der Waals surface area (Å²) in [6.45, 7) is 3.95. The number of rotatable bonds is 7. The van der Waals surface area contributed by atoms with E-state index in [1.54, 1.807) is 24.3 Å². The number of hydrogen-bond donors (Lipinski definition) is 0. The minimum Gasteiger partial charge on any atom is -0.473 e. The van der Waals surface area contributed by atoms with Gasteiger partial charge in [-0.25, -0.2) is 14.8 Å². The summed E-state index contributed by atoms with van der Waals surface area (Å²) in [7, 11) is 1.78. The second-order valence-electron chi connectivity index (χ2n) is 8.44. The van der Waals surface area contributed by atoms with Crippen LogP contribution in [0.1, 0.15) is 63.1 Å². The Bertz CT molecular complexity index is 857. The molecule has 2 aromatic heterocycles. The maximum absolute atomic E-state index is 12.4. The summed E-state index contributed by atoms with van der Waals surface area (Å²) >= 11 is 0. The molecule has 8 heteroatoms. The Morgan fingerprint density at radius 2 is 1.97 bits per heavy atom. The van der Waals surface area contributed by atoms with Crippen LogP contribution in [0, 0.1) is 12.8 Å². The van der Waals surface area contributed by atoms with Crippen molar-refractivity contribution in [2.75, 3.05) is 7.05 Å². The lowest BCUT2D eigenvalue weighted by Gasteiger charge is -2.24. The highest BCUT2D eigenvalue weighted by Crippen LogP contribution is 2.35. The van der Waals surface area contributed by atoms with Gasteiger partial charge in [0.1, 0.15) is 18.4 Å². The molecule has 0 aliphatic heterocycles. The predicted molar refractivity (Wildman–Crippen MR) is 110 cm³/mol. The molecule has 8 nitrogen and oxygen atoms in total.